The average molecular weight is 222 g/mol. The van der Waals surface area contributed by atoms with E-state index in [1.165, 1.54) is 0 Å². The standard InChI is InChI=1S/C11H18N4O/c1-6-13-9(12)5-10(14-6)15-7-4-8(16)11(7,2)3/h5,7-8,16H,4H2,1-3H3,(H3,12,13,14,15). The summed E-state index contributed by atoms with van der Waals surface area (Å²) in [7, 11) is 0. The topological polar surface area (TPSA) is 84.1 Å². The number of aliphatic hydroxyl groups is 1. The zero-order valence-corrected chi connectivity index (χ0v) is 9.86. The van der Waals surface area contributed by atoms with Crippen molar-refractivity contribution in [3.63, 3.8) is 0 Å². The number of nitrogens with zero attached hydrogens (tertiary/aromatic N) is 2. The summed E-state index contributed by atoms with van der Waals surface area (Å²) in [5, 5.41) is 12.9. The minimum atomic E-state index is -0.245. The van der Waals surface area contributed by atoms with Crippen LogP contribution in [0.15, 0.2) is 6.07 Å². The summed E-state index contributed by atoms with van der Waals surface area (Å²) < 4.78 is 0. The Balaban J connectivity index is 2.11. The second-order valence-corrected chi connectivity index (χ2v) is 5.00. The number of aromatic nitrogens is 2. The predicted octanol–water partition coefficient (Wildman–Crippen LogP) is 0.939. The molecule has 0 aromatic carbocycles. The van der Waals surface area contributed by atoms with Gasteiger partial charge in [0.05, 0.1) is 6.10 Å². The molecule has 1 saturated carbocycles. The van der Waals surface area contributed by atoms with E-state index in [-0.39, 0.29) is 17.6 Å². The van der Waals surface area contributed by atoms with Crippen molar-refractivity contribution in [3.05, 3.63) is 11.9 Å². The number of aliphatic hydroxyl groups excluding tert-OH is 1. The quantitative estimate of drug-likeness (QED) is 0.693. The van der Waals surface area contributed by atoms with Crippen molar-refractivity contribution in [1.82, 2.24) is 9.97 Å². The van der Waals surface area contributed by atoms with Crippen molar-refractivity contribution in [2.45, 2.75) is 39.3 Å². The molecule has 2 atom stereocenters. The molecule has 0 amide bonds. The smallest absolute Gasteiger partial charge is 0.132 e. The fourth-order valence-electron chi connectivity index (χ4n) is 1.99. The second-order valence-electron chi connectivity index (χ2n) is 5.00. The molecule has 88 valence electrons. The Morgan fingerprint density at radius 2 is 2.19 bits per heavy atom. The number of hydrogen-bond acceptors (Lipinski definition) is 5. The molecule has 0 saturated heterocycles. The van der Waals surface area contributed by atoms with E-state index in [1.807, 2.05) is 20.8 Å². The minimum absolute atomic E-state index is 0.117. The maximum absolute atomic E-state index is 9.64. The first kappa shape index (κ1) is 11.1. The molecule has 1 fully saturated rings. The fraction of sp³-hybridized carbons (Fsp3) is 0.636. The van der Waals surface area contributed by atoms with Crippen LogP contribution in [0.3, 0.4) is 0 Å². The molecule has 1 aromatic heterocycles. The van der Waals surface area contributed by atoms with Crippen molar-refractivity contribution in [2.24, 2.45) is 5.41 Å². The Labute approximate surface area is 95.1 Å². The number of aryl methyl sites for hydroxylation is 1. The molecule has 4 N–H and O–H groups in total. The van der Waals surface area contributed by atoms with Gasteiger partial charge in [-0.1, -0.05) is 13.8 Å². The van der Waals surface area contributed by atoms with Crippen molar-refractivity contribution in [1.29, 1.82) is 0 Å². The third-order valence-electron chi connectivity index (χ3n) is 3.40. The third-order valence-corrected chi connectivity index (χ3v) is 3.40. The number of anilines is 2. The van der Waals surface area contributed by atoms with Crippen LogP contribution in [0.25, 0.3) is 0 Å². The number of nitrogen functional groups attached to an aromatic ring is 1. The summed E-state index contributed by atoms with van der Waals surface area (Å²) in [4.78, 5) is 8.28. The summed E-state index contributed by atoms with van der Waals surface area (Å²) in [5.41, 5.74) is 5.53. The van der Waals surface area contributed by atoms with Gasteiger partial charge in [-0.15, -0.1) is 0 Å². The monoisotopic (exact) mass is 222 g/mol. The van der Waals surface area contributed by atoms with Gasteiger partial charge in [-0.3, -0.25) is 0 Å². The highest BCUT2D eigenvalue weighted by Gasteiger charge is 2.47. The van der Waals surface area contributed by atoms with E-state index in [2.05, 4.69) is 15.3 Å². The predicted molar refractivity (Wildman–Crippen MR) is 63.0 cm³/mol. The lowest BCUT2D eigenvalue weighted by atomic mass is 9.64. The van der Waals surface area contributed by atoms with Crippen molar-refractivity contribution >= 4 is 11.6 Å². The summed E-state index contributed by atoms with van der Waals surface area (Å²) in [5.74, 6) is 1.85. The van der Waals surface area contributed by atoms with Gasteiger partial charge in [0.2, 0.25) is 0 Å². The molecular weight excluding hydrogens is 204 g/mol. The van der Waals surface area contributed by atoms with Gasteiger partial charge in [-0.2, -0.15) is 0 Å². The normalized spacial score (nSPS) is 27.2. The number of rotatable bonds is 2. The maximum atomic E-state index is 9.64. The zero-order valence-electron chi connectivity index (χ0n) is 9.86. The Morgan fingerprint density at radius 3 is 2.69 bits per heavy atom. The summed E-state index contributed by atoms with van der Waals surface area (Å²) in [6.45, 7) is 5.88. The number of nitrogens with two attached hydrogens (primary N) is 1. The molecule has 16 heavy (non-hydrogen) atoms. The molecule has 1 aromatic rings. The first-order chi connectivity index (χ1) is 7.39. The van der Waals surface area contributed by atoms with Crippen molar-refractivity contribution in [2.75, 3.05) is 11.1 Å². The van der Waals surface area contributed by atoms with Crippen molar-refractivity contribution < 1.29 is 5.11 Å². The molecule has 5 nitrogen and oxygen atoms in total. The lowest BCUT2D eigenvalue weighted by Gasteiger charge is -2.49. The number of hydrogen-bond donors (Lipinski definition) is 3. The van der Waals surface area contributed by atoms with E-state index in [9.17, 15) is 5.11 Å². The minimum Gasteiger partial charge on any atom is -0.392 e. The Bertz CT molecular complexity index is 385. The van der Waals surface area contributed by atoms with E-state index < -0.39 is 0 Å². The van der Waals surface area contributed by atoms with E-state index in [0.717, 1.165) is 12.2 Å². The molecule has 5 heteroatoms. The summed E-state index contributed by atoms with van der Waals surface area (Å²) in [6, 6.07) is 1.95. The van der Waals surface area contributed by atoms with E-state index in [1.54, 1.807) is 6.07 Å². The Hall–Kier alpha value is -1.36. The van der Waals surface area contributed by atoms with Gasteiger partial charge in [-0.25, -0.2) is 9.97 Å². The molecule has 1 aliphatic carbocycles. The van der Waals surface area contributed by atoms with Crippen LogP contribution in [0.4, 0.5) is 11.6 Å². The largest absolute Gasteiger partial charge is 0.392 e. The van der Waals surface area contributed by atoms with Gasteiger partial charge < -0.3 is 16.2 Å². The van der Waals surface area contributed by atoms with E-state index in [4.69, 9.17) is 5.73 Å². The van der Waals surface area contributed by atoms with Gasteiger partial charge >= 0.3 is 0 Å². The average Bonchev–Trinajstić information content (AvgIpc) is 2.15. The van der Waals surface area contributed by atoms with Crippen LogP contribution in [0.5, 0.6) is 0 Å². The zero-order chi connectivity index (χ0) is 11.9. The van der Waals surface area contributed by atoms with Gasteiger partial charge in [0, 0.05) is 17.5 Å². The number of nitrogens with one attached hydrogen (secondary N) is 1. The van der Waals surface area contributed by atoms with E-state index >= 15 is 0 Å². The maximum Gasteiger partial charge on any atom is 0.132 e. The molecule has 0 bridgehead atoms. The Kier molecular flexibility index (Phi) is 2.50. The van der Waals surface area contributed by atoms with Crippen LogP contribution in [0.2, 0.25) is 0 Å². The van der Waals surface area contributed by atoms with Crippen LogP contribution in [0, 0.1) is 12.3 Å². The first-order valence-corrected chi connectivity index (χ1v) is 5.45. The summed E-state index contributed by atoms with van der Waals surface area (Å²) >= 11 is 0. The third kappa shape index (κ3) is 1.82. The molecule has 1 heterocycles. The first-order valence-electron chi connectivity index (χ1n) is 5.45. The van der Waals surface area contributed by atoms with Crippen LogP contribution in [-0.4, -0.2) is 27.2 Å². The SMILES string of the molecule is Cc1nc(N)cc(NC2CC(O)C2(C)C)n1. The molecule has 0 aliphatic heterocycles. The lowest BCUT2D eigenvalue weighted by molar-refractivity contribution is -0.0511. The molecule has 2 unspecified atom stereocenters. The van der Waals surface area contributed by atoms with Gasteiger partial charge in [0.25, 0.3) is 0 Å². The fourth-order valence-corrected chi connectivity index (χ4v) is 1.99. The second kappa shape index (κ2) is 3.59. The molecule has 0 radical (unpaired) electrons. The molecular formula is C11H18N4O. The van der Waals surface area contributed by atoms with Gasteiger partial charge in [0.15, 0.2) is 0 Å². The van der Waals surface area contributed by atoms with Crippen LogP contribution < -0.4 is 11.1 Å². The highest BCUT2D eigenvalue weighted by molar-refractivity contribution is 5.46. The van der Waals surface area contributed by atoms with Crippen LogP contribution in [0.1, 0.15) is 26.1 Å². The highest BCUT2D eigenvalue weighted by Crippen LogP contribution is 2.41. The molecule has 0 spiro atoms. The summed E-state index contributed by atoms with van der Waals surface area (Å²) in [6.07, 6.45) is 0.501. The highest BCUT2D eigenvalue weighted by atomic mass is 16.3. The van der Waals surface area contributed by atoms with Crippen LogP contribution in [-0.2, 0) is 0 Å². The van der Waals surface area contributed by atoms with Gasteiger partial charge in [0.1, 0.15) is 17.5 Å². The Morgan fingerprint density at radius 1 is 1.50 bits per heavy atom. The van der Waals surface area contributed by atoms with Crippen LogP contribution >= 0.6 is 0 Å². The lowest BCUT2D eigenvalue weighted by Crippen LogP contribution is -2.57. The van der Waals surface area contributed by atoms with Gasteiger partial charge in [-0.05, 0) is 13.3 Å². The molecule has 1 aliphatic rings. The van der Waals surface area contributed by atoms with Crippen molar-refractivity contribution in [3.8, 4) is 0 Å². The van der Waals surface area contributed by atoms with E-state index in [0.29, 0.717) is 11.6 Å². The molecule has 2 rings (SSSR count).